The summed E-state index contributed by atoms with van der Waals surface area (Å²) in [6.45, 7) is 0.291. The molecule has 1 aromatic heterocycles. The maximum Gasteiger partial charge on any atom is 0.292 e. The molecule has 116 valence electrons. The van der Waals surface area contributed by atoms with Gasteiger partial charge in [-0.15, -0.1) is 0 Å². The van der Waals surface area contributed by atoms with Crippen molar-refractivity contribution in [1.29, 1.82) is 0 Å². The third-order valence-corrected chi connectivity index (χ3v) is 3.30. The van der Waals surface area contributed by atoms with Gasteiger partial charge in [-0.25, -0.2) is 4.39 Å². The molecule has 2 aromatic carbocycles. The molecular weight excluding hydrogens is 321 g/mol. The van der Waals surface area contributed by atoms with E-state index in [9.17, 15) is 9.18 Å². The highest BCUT2D eigenvalue weighted by Gasteiger charge is 2.15. The van der Waals surface area contributed by atoms with Crippen molar-refractivity contribution in [2.45, 2.75) is 6.54 Å². The first-order valence-corrected chi connectivity index (χ1v) is 7.12. The molecule has 0 aliphatic heterocycles. The second-order valence-electron chi connectivity index (χ2n) is 4.74. The second kappa shape index (κ2) is 6.58. The molecular formula is C16H11ClFN3O2. The van der Waals surface area contributed by atoms with Crippen molar-refractivity contribution in [1.82, 2.24) is 15.5 Å². The van der Waals surface area contributed by atoms with E-state index in [0.29, 0.717) is 17.1 Å². The smallest absolute Gasteiger partial charge is 0.292 e. The van der Waals surface area contributed by atoms with Crippen LogP contribution < -0.4 is 5.32 Å². The van der Waals surface area contributed by atoms with Crippen LogP contribution in [0.25, 0.3) is 11.5 Å². The van der Waals surface area contributed by atoms with Crippen LogP contribution in [0.2, 0.25) is 5.02 Å². The number of amides is 1. The molecule has 1 amide bonds. The third kappa shape index (κ3) is 3.73. The molecule has 0 radical (unpaired) electrons. The van der Waals surface area contributed by atoms with Gasteiger partial charge < -0.3 is 9.84 Å². The number of hydrogen-bond donors (Lipinski definition) is 1. The lowest BCUT2D eigenvalue weighted by atomic mass is 10.2. The SMILES string of the molecule is O=C(NCc1cccc(Cl)c1)c1noc(-c2ccc(F)cc2)n1. The Bertz CT molecular complexity index is 833. The summed E-state index contributed by atoms with van der Waals surface area (Å²) < 4.78 is 17.9. The first-order valence-electron chi connectivity index (χ1n) is 6.74. The predicted octanol–water partition coefficient (Wildman–Crippen LogP) is 3.46. The number of benzene rings is 2. The molecule has 0 saturated carbocycles. The highest BCUT2D eigenvalue weighted by atomic mass is 35.5. The van der Waals surface area contributed by atoms with Gasteiger partial charge in [-0.3, -0.25) is 4.79 Å². The topological polar surface area (TPSA) is 68.0 Å². The fourth-order valence-electron chi connectivity index (χ4n) is 1.93. The minimum atomic E-state index is -0.470. The summed E-state index contributed by atoms with van der Waals surface area (Å²) in [5.74, 6) is -0.779. The number of rotatable bonds is 4. The van der Waals surface area contributed by atoms with Crippen LogP contribution in [0.5, 0.6) is 0 Å². The Morgan fingerprint density at radius 3 is 2.74 bits per heavy atom. The predicted molar refractivity (Wildman–Crippen MR) is 82.3 cm³/mol. The van der Waals surface area contributed by atoms with Crippen molar-refractivity contribution in [2.75, 3.05) is 0 Å². The summed E-state index contributed by atoms with van der Waals surface area (Å²) in [5.41, 5.74) is 1.39. The van der Waals surface area contributed by atoms with Crippen LogP contribution in [-0.2, 0) is 6.54 Å². The van der Waals surface area contributed by atoms with Crippen LogP contribution in [-0.4, -0.2) is 16.0 Å². The van der Waals surface area contributed by atoms with E-state index in [2.05, 4.69) is 15.5 Å². The Kier molecular flexibility index (Phi) is 4.34. The lowest BCUT2D eigenvalue weighted by Gasteiger charge is -2.02. The molecule has 0 bridgehead atoms. The van der Waals surface area contributed by atoms with Crippen LogP contribution in [0.3, 0.4) is 0 Å². The van der Waals surface area contributed by atoms with Crippen LogP contribution >= 0.6 is 11.6 Å². The number of halogens is 2. The largest absolute Gasteiger partial charge is 0.345 e. The molecule has 0 atom stereocenters. The molecule has 3 rings (SSSR count). The van der Waals surface area contributed by atoms with E-state index >= 15 is 0 Å². The van der Waals surface area contributed by atoms with E-state index in [4.69, 9.17) is 16.1 Å². The van der Waals surface area contributed by atoms with Gasteiger partial charge in [-0.1, -0.05) is 28.9 Å². The maximum absolute atomic E-state index is 12.9. The molecule has 0 saturated heterocycles. The van der Waals surface area contributed by atoms with Gasteiger partial charge in [0.25, 0.3) is 17.6 Å². The minimum Gasteiger partial charge on any atom is -0.345 e. The maximum atomic E-state index is 12.9. The van der Waals surface area contributed by atoms with Gasteiger partial charge in [0, 0.05) is 17.1 Å². The van der Waals surface area contributed by atoms with Gasteiger partial charge in [-0.2, -0.15) is 4.98 Å². The zero-order valence-electron chi connectivity index (χ0n) is 11.8. The quantitative estimate of drug-likeness (QED) is 0.795. The number of carbonyl (C=O) groups excluding carboxylic acids is 1. The average Bonchev–Trinajstić information content (AvgIpc) is 3.03. The van der Waals surface area contributed by atoms with Gasteiger partial charge in [0.05, 0.1) is 0 Å². The highest BCUT2D eigenvalue weighted by molar-refractivity contribution is 6.30. The lowest BCUT2D eigenvalue weighted by Crippen LogP contribution is -2.23. The molecule has 0 unspecified atom stereocenters. The Hall–Kier alpha value is -2.73. The number of nitrogens with one attached hydrogen (secondary N) is 1. The van der Waals surface area contributed by atoms with E-state index in [1.54, 1.807) is 18.2 Å². The summed E-state index contributed by atoms with van der Waals surface area (Å²) in [6.07, 6.45) is 0. The molecule has 0 fully saturated rings. The molecule has 1 heterocycles. The van der Waals surface area contributed by atoms with Crippen molar-refractivity contribution in [2.24, 2.45) is 0 Å². The number of hydrogen-bond acceptors (Lipinski definition) is 4. The summed E-state index contributed by atoms with van der Waals surface area (Å²) in [6, 6.07) is 12.7. The standard InChI is InChI=1S/C16H11ClFN3O2/c17-12-3-1-2-10(8-12)9-19-15(22)14-20-16(23-21-14)11-4-6-13(18)7-5-11/h1-8H,9H2,(H,19,22). The summed E-state index contributed by atoms with van der Waals surface area (Å²) >= 11 is 5.88. The Labute approximate surface area is 136 Å². The third-order valence-electron chi connectivity index (χ3n) is 3.06. The Morgan fingerprint density at radius 2 is 2.00 bits per heavy atom. The van der Waals surface area contributed by atoms with E-state index in [1.807, 2.05) is 6.07 Å². The fourth-order valence-corrected chi connectivity index (χ4v) is 2.15. The van der Waals surface area contributed by atoms with Crippen molar-refractivity contribution < 1.29 is 13.7 Å². The molecule has 0 spiro atoms. The molecule has 5 nitrogen and oxygen atoms in total. The lowest BCUT2D eigenvalue weighted by molar-refractivity contribution is 0.0937. The van der Waals surface area contributed by atoms with Gasteiger partial charge in [0.1, 0.15) is 5.82 Å². The zero-order chi connectivity index (χ0) is 16.2. The second-order valence-corrected chi connectivity index (χ2v) is 5.18. The first-order chi connectivity index (χ1) is 11.1. The van der Waals surface area contributed by atoms with Crippen LogP contribution in [0.4, 0.5) is 4.39 Å². The monoisotopic (exact) mass is 331 g/mol. The van der Waals surface area contributed by atoms with Gasteiger partial charge in [0.15, 0.2) is 0 Å². The summed E-state index contributed by atoms with van der Waals surface area (Å²) in [5, 5.41) is 6.89. The average molecular weight is 332 g/mol. The van der Waals surface area contributed by atoms with E-state index in [1.165, 1.54) is 24.3 Å². The fraction of sp³-hybridized carbons (Fsp3) is 0.0625. The summed E-state index contributed by atoms with van der Waals surface area (Å²) in [7, 11) is 0. The zero-order valence-corrected chi connectivity index (χ0v) is 12.5. The molecule has 3 aromatic rings. The highest BCUT2D eigenvalue weighted by Crippen LogP contribution is 2.17. The molecule has 0 aliphatic carbocycles. The van der Waals surface area contributed by atoms with Crippen molar-refractivity contribution in [3.8, 4) is 11.5 Å². The van der Waals surface area contributed by atoms with E-state index in [0.717, 1.165) is 5.56 Å². The molecule has 7 heteroatoms. The van der Waals surface area contributed by atoms with Crippen molar-refractivity contribution in [3.63, 3.8) is 0 Å². The number of nitrogens with zero attached hydrogens (tertiary/aromatic N) is 2. The molecule has 23 heavy (non-hydrogen) atoms. The van der Waals surface area contributed by atoms with Crippen molar-refractivity contribution in [3.05, 3.63) is 70.8 Å². The van der Waals surface area contributed by atoms with Crippen LogP contribution in [0.15, 0.2) is 53.1 Å². The Balaban J connectivity index is 1.67. The molecule has 1 N–H and O–H groups in total. The van der Waals surface area contributed by atoms with Gasteiger partial charge in [0.2, 0.25) is 0 Å². The van der Waals surface area contributed by atoms with Crippen LogP contribution in [0, 0.1) is 5.82 Å². The molecule has 0 aliphatic rings. The van der Waals surface area contributed by atoms with Crippen LogP contribution in [0.1, 0.15) is 16.2 Å². The summed E-state index contributed by atoms with van der Waals surface area (Å²) in [4.78, 5) is 16.0. The minimum absolute atomic E-state index is 0.0913. The first kappa shape index (κ1) is 15.2. The number of carbonyl (C=O) groups is 1. The Morgan fingerprint density at radius 1 is 1.22 bits per heavy atom. The van der Waals surface area contributed by atoms with Gasteiger partial charge in [-0.05, 0) is 42.0 Å². The van der Waals surface area contributed by atoms with E-state index in [-0.39, 0.29) is 17.5 Å². The van der Waals surface area contributed by atoms with Gasteiger partial charge >= 0.3 is 0 Å². The van der Waals surface area contributed by atoms with Crippen molar-refractivity contribution >= 4 is 17.5 Å². The van der Waals surface area contributed by atoms with E-state index < -0.39 is 5.91 Å². The number of aromatic nitrogens is 2. The normalized spacial score (nSPS) is 10.5.